The number of anilines is 2. The fourth-order valence-electron chi connectivity index (χ4n) is 3.00. The van der Waals surface area contributed by atoms with Crippen LogP contribution in [0.1, 0.15) is 0 Å². The molecule has 2 heterocycles. The van der Waals surface area contributed by atoms with Gasteiger partial charge in [0.25, 0.3) is 0 Å². The fourth-order valence-corrected chi connectivity index (χ4v) is 4.57. The molecule has 0 aliphatic carbocycles. The van der Waals surface area contributed by atoms with Crippen LogP contribution >= 0.6 is 23.1 Å². The number of piperazine rings is 1. The second-order valence-corrected chi connectivity index (χ2v) is 7.64. The predicted octanol–water partition coefficient (Wildman–Crippen LogP) is 4.48. The van der Waals surface area contributed by atoms with Crippen molar-refractivity contribution in [2.45, 2.75) is 4.90 Å². The first-order valence-corrected chi connectivity index (χ1v) is 9.98. The van der Waals surface area contributed by atoms with Crippen molar-refractivity contribution < 1.29 is 4.39 Å². The van der Waals surface area contributed by atoms with E-state index in [9.17, 15) is 4.39 Å². The van der Waals surface area contributed by atoms with Crippen molar-refractivity contribution >= 4 is 44.1 Å². The highest BCUT2D eigenvalue weighted by Gasteiger charge is 2.21. The molecular formula is C18H18FN3S2. The first-order chi connectivity index (χ1) is 11.7. The lowest BCUT2D eigenvalue weighted by Gasteiger charge is -2.36. The van der Waals surface area contributed by atoms with E-state index in [1.54, 1.807) is 29.2 Å². The van der Waals surface area contributed by atoms with Crippen molar-refractivity contribution in [3.8, 4) is 0 Å². The van der Waals surface area contributed by atoms with Crippen LogP contribution in [0.15, 0.2) is 47.4 Å². The number of rotatable bonds is 3. The van der Waals surface area contributed by atoms with Crippen molar-refractivity contribution in [2.75, 3.05) is 42.2 Å². The molecule has 3 nitrogen and oxygen atoms in total. The Morgan fingerprint density at radius 3 is 2.54 bits per heavy atom. The highest BCUT2D eigenvalue weighted by atomic mass is 32.2. The molecule has 1 saturated heterocycles. The Kier molecular flexibility index (Phi) is 4.33. The van der Waals surface area contributed by atoms with Gasteiger partial charge in [-0.05, 0) is 36.6 Å². The van der Waals surface area contributed by atoms with Crippen LogP contribution in [0.2, 0.25) is 0 Å². The summed E-state index contributed by atoms with van der Waals surface area (Å²) >= 11 is 3.49. The molecule has 0 saturated carbocycles. The van der Waals surface area contributed by atoms with E-state index in [2.05, 4.69) is 34.3 Å². The van der Waals surface area contributed by atoms with Crippen molar-refractivity contribution in [1.82, 2.24) is 4.98 Å². The summed E-state index contributed by atoms with van der Waals surface area (Å²) in [6.45, 7) is 3.35. The number of fused-ring (bicyclic) bond motifs is 1. The zero-order valence-electron chi connectivity index (χ0n) is 13.4. The van der Waals surface area contributed by atoms with E-state index in [-0.39, 0.29) is 5.82 Å². The number of hydrogen-bond donors (Lipinski definition) is 0. The highest BCUT2D eigenvalue weighted by molar-refractivity contribution is 7.98. The number of thioether (sulfide) groups is 1. The summed E-state index contributed by atoms with van der Waals surface area (Å²) < 4.78 is 15.2. The maximum atomic E-state index is 13.9. The van der Waals surface area contributed by atoms with Gasteiger partial charge in [0.2, 0.25) is 0 Å². The molecule has 0 amide bonds. The molecule has 0 bridgehead atoms. The van der Waals surface area contributed by atoms with Crippen LogP contribution in [-0.4, -0.2) is 37.4 Å². The van der Waals surface area contributed by atoms with E-state index < -0.39 is 0 Å². The maximum absolute atomic E-state index is 13.9. The summed E-state index contributed by atoms with van der Waals surface area (Å²) in [6, 6.07) is 13.4. The van der Waals surface area contributed by atoms with Gasteiger partial charge in [-0.25, -0.2) is 9.37 Å². The largest absolute Gasteiger partial charge is 0.366 e. The van der Waals surface area contributed by atoms with E-state index in [0.717, 1.165) is 36.8 Å². The molecule has 0 atom stereocenters. The van der Waals surface area contributed by atoms with Gasteiger partial charge in [0, 0.05) is 31.1 Å². The summed E-state index contributed by atoms with van der Waals surface area (Å²) in [6.07, 6.45) is 2.09. The van der Waals surface area contributed by atoms with Gasteiger partial charge in [-0.1, -0.05) is 23.5 Å². The number of para-hydroxylation sites is 1. The van der Waals surface area contributed by atoms with Gasteiger partial charge in [0.1, 0.15) is 5.82 Å². The van der Waals surface area contributed by atoms with E-state index in [4.69, 9.17) is 4.98 Å². The van der Waals surface area contributed by atoms with E-state index in [0.29, 0.717) is 5.69 Å². The van der Waals surface area contributed by atoms with E-state index in [1.165, 1.54) is 15.7 Å². The molecule has 24 heavy (non-hydrogen) atoms. The fraction of sp³-hybridized carbons (Fsp3) is 0.278. The normalized spacial score (nSPS) is 15.2. The Bertz CT molecular complexity index is 856. The second kappa shape index (κ2) is 6.61. The molecule has 4 rings (SSSR count). The van der Waals surface area contributed by atoms with Gasteiger partial charge in [0.05, 0.1) is 15.9 Å². The summed E-state index contributed by atoms with van der Waals surface area (Å²) in [4.78, 5) is 10.5. The minimum atomic E-state index is -0.143. The first-order valence-electron chi connectivity index (χ1n) is 7.93. The molecule has 0 spiro atoms. The van der Waals surface area contributed by atoms with Gasteiger partial charge in [0.15, 0.2) is 5.13 Å². The van der Waals surface area contributed by atoms with Gasteiger partial charge < -0.3 is 9.80 Å². The molecule has 0 N–H and O–H groups in total. The van der Waals surface area contributed by atoms with Crippen LogP contribution in [0.25, 0.3) is 10.2 Å². The molecule has 1 aromatic heterocycles. The van der Waals surface area contributed by atoms with Gasteiger partial charge in [-0.3, -0.25) is 0 Å². The smallest absolute Gasteiger partial charge is 0.186 e. The third kappa shape index (κ3) is 2.96. The summed E-state index contributed by atoms with van der Waals surface area (Å²) in [7, 11) is 0. The monoisotopic (exact) mass is 359 g/mol. The topological polar surface area (TPSA) is 19.4 Å². The Hall–Kier alpha value is -1.79. The summed E-state index contributed by atoms with van der Waals surface area (Å²) in [5.41, 5.74) is 1.76. The lowest BCUT2D eigenvalue weighted by Crippen LogP contribution is -2.46. The Morgan fingerprint density at radius 2 is 1.79 bits per heavy atom. The van der Waals surface area contributed by atoms with Crippen molar-refractivity contribution in [3.05, 3.63) is 48.3 Å². The molecule has 1 fully saturated rings. The van der Waals surface area contributed by atoms with Gasteiger partial charge in [-0.15, -0.1) is 11.8 Å². The van der Waals surface area contributed by atoms with E-state index >= 15 is 0 Å². The molecule has 124 valence electrons. The van der Waals surface area contributed by atoms with Crippen LogP contribution in [0.3, 0.4) is 0 Å². The number of hydrogen-bond acceptors (Lipinski definition) is 5. The molecule has 1 aliphatic heterocycles. The number of halogens is 1. The quantitative estimate of drug-likeness (QED) is 0.642. The summed E-state index contributed by atoms with van der Waals surface area (Å²) in [5, 5.41) is 1.07. The minimum Gasteiger partial charge on any atom is -0.366 e. The molecular weight excluding hydrogens is 341 g/mol. The van der Waals surface area contributed by atoms with Crippen LogP contribution in [0.5, 0.6) is 0 Å². The third-order valence-corrected chi connectivity index (χ3v) is 6.13. The Labute approximate surface area is 149 Å². The lowest BCUT2D eigenvalue weighted by atomic mass is 10.2. The molecule has 0 unspecified atom stereocenters. The zero-order valence-corrected chi connectivity index (χ0v) is 15.0. The lowest BCUT2D eigenvalue weighted by molar-refractivity contribution is 0.597. The second-order valence-electron chi connectivity index (χ2n) is 5.76. The van der Waals surface area contributed by atoms with Crippen LogP contribution in [-0.2, 0) is 0 Å². The average Bonchev–Trinajstić information content (AvgIpc) is 3.05. The maximum Gasteiger partial charge on any atom is 0.186 e. The number of aromatic nitrogens is 1. The predicted molar refractivity (Wildman–Crippen MR) is 102 cm³/mol. The average molecular weight is 359 g/mol. The SMILES string of the molecule is CSc1ccc2nc(N3CCN(c4ccccc4F)CC3)sc2c1. The minimum absolute atomic E-state index is 0.143. The number of nitrogens with zero attached hydrogens (tertiary/aromatic N) is 3. The van der Waals surface area contributed by atoms with Crippen LogP contribution in [0, 0.1) is 5.82 Å². The molecule has 6 heteroatoms. The summed E-state index contributed by atoms with van der Waals surface area (Å²) in [5.74, 6) is -0.143. The Balaban J connectivity index is 1.50. The van der Waals surface area contributed by atoms with Gasteiger partial charge in [-0.2, -0.15) is 0 Å². The van der Waals surface area contributed by atoms with Crippen LogP contribution in [0.4, 0.5) is 15.2 Å². The Morgan fingerprint density at radius 1 is 1.04 bits per heavy atom. The van der Waals surface area contributed by atoms with Crippen molar-refractivity contribution in [2.24, 2.45) is 0 Å². The molecule has 3 aromatic rings. The number of benzene rings is 2. The zero-order chi connectivity index (χ0) is 16.5. The van der Waals surface area contributed by atoms with Crippen molar-refractivity contribution in [1.29, 1.82) is 0 Å². The van der Waals surface area contributed by atoms with E-state index in [1.807, 2.05) is 12.1 Å². The van der Waals surface area contributed by atoms with Crippen molar-refractivity contribution in [3.63, 3.8) is 0 Å². The third-order valence-electron chi connectivity index (χ3n) is 4.33. The highest BCUT2D eigenvalue weighted by Crippen LogP contribution is 2.32. The van der Waals surface area contributed by atoms with Crippen LogP contribution < -0.4 is 9.80 Å². The molecule has 0 radical (unpaired) electrons. The molecule has 1 aliphatic rings. The standard InChI is InChI=1S/C18H18FN3S2/c1-23-13-6-7-15-17(12-13)24-18(20-15)22-10-8-21(9-11-22)16-5-3-2-4-14(16)19/h2-7,12H,8-11H2,1H3. The molecule has 2 aromatic carbocycles. The number of thiazole rings is 1. The van der Waals surface area contributed by atoms with Gasteiger partial charge >= 0.3 is 0 Å². The first kappa shape index (κ1) is 15.7.